The second-order valence-electron chi connectivity index (χ2n) is 9.89. The fraction of sp³-hybridized carbons (Fsp3) is 0.400. The van der Waals surface area contributed by atoms with Crippen molar-refractivity contribution in [2.75, 3.05) is 18.1 Å². The van der Waals surface area contributed by atoms with Gasteiger partial charge in [-0.1, -0.05) is 55.3 Å². The Balaban J connectivity index is 1.57. The molecule has 1 aliphatic heterocycles. The number of phenolic OH excluding ortho intramolecular Hbond substituents is 1. The van der Waals surface area contributed by atoms with Gasteiger partial charge in [-0.15, -0.1) is 0 Å². The predicted molar refractivity (Wildman–Crippen MR) is 141 cm³/mol. The number of amides is 2. The maximum absolute atomic E-state index is 13.5. The molecule has 4 atom stereocenters. The highest BCUT2D eigenvalue weighted by Gasteiger charge is 2.55. The smallest absolute Gasteiger partial charge is 0.238 e. The summed E-state index contributed by atoms with van der Waals surface area (Å²) in [4.78, 5) is 27.9. The molecule has 0 aromatic heterocycles. The summed E-state index contributed by atoms with van der Waals surface area (Å²) in [6.45, 7) is 1.34. The van der Waals surface area contributed by atoms with Crippen molar-refractivity contribution in [1.29, 1.82) is 0 Å². The zero-order valence-electron chi connectivity index (χ0n) is 21.1. The van der Waals surface area contributed by atoms with Crippen molar-refractivity contribution in [3.63, 3.8) is 0 Å². The third kappa shape index (κ3) is 5.54. The van der Waals surface area contributed by atoms with Crippen molar-refractivity contribution in [1.82, 2.24) is 0 Å². The molecule has 4 rings (SSSR count). The second kappa shape index (κ2) is 11.9. The monoisotopic (exact) mass is 505 g/mol. The molecule has 0 saturated carbocycles. The van der Waals surface area contributed by atoms with Crippen LogP contribution in [0.3, 0.4) is 0 Å². The molecule has 4 N–H and O–H groups in total. The number of carbonyl (C=O) groups excluding carboxylic acids is 2. The third-order valence-electron chi connectivity index (χ3n) is 7.52. The van der Waals surface area contributed by atoms with Crippen LogP contribution in [-0.4, -0.2) is 51.6 Å². The lowest BCUT2D eigenvalue weighted by atomic mass is 9.68. The lowest BCUT2D eigenvalue weighted by Crippen LogP contribution is -2.39. The largest absolute Gasteiger partial charge is 0.508 e. The molecule has 2 aromatic rings. The number of aliphatic hydroxyl groups excluding tert-OH is 3. The molecule has 1 aliphatic carbocycles. The Labute approximate surface area is 217 Å². The summed E-state index contributed by atoms with van der Waals surface area (Å²) in [5.41, 5.74) is 3.59. The minimum absolute atomic E-state index is 0.184. The van der Waals surface area contributed by atoms with Crippen LogP contribution in [0, 0.1) is 17.8 Å². The molecule has 2 aliphatic rings. The van der Waals surface area contributed by atoms with E-state index in [-0.39, 0.29) is 30.6 Å². The first-order valence-corrected chi connectivity index (χ1v) is 12.9. The normalized spacial score (nSPS) is 23.0. The van der Waals surface area contributed by atoms with Crippen molar-refractivity contribution in [3.05, 3.63) is 76.9 Å². The highest BCUT2D eigenvalue weighted by atomic mass is 16.3. The molecule has 7 nitrogen and oxygen atoms in total. The number of nitrogens with zero attached hydrogens (tertiary/aromatic N) is 1. The average molecular weight is 506 g/mol. The molecule has 1 fully saturated rings. The first-order valence-electron chi connectivity index (χ1n) is 12.9. The predicted octanol–water partition coefficient (Wildman–Crippen LogP) is 3.82. The van der Waals surface area contributed by atoms with Gasteiger partial charge in [0.05, 0.1) is 36.8 Å². The first-order chi connectivity index (χ1) is 17.9. The van der Waals surface area contributed by atoms with Crippen LogP contribution in [0.25, 0.3) is 6.08 Å². The maximum Gasteiger partial charge on any atom is 0.238 e. The molecule has 1 saturated heterocycles. The zero-order valence-corrected chi connectivity index (χ0v) is 21.1. The number of hydrogen-bond acceptors (Lipinski definition) is 6. The van der Waals surface area contributed by atoms with Crippen molar-refractivity contribution in [2.45, 2.75) is 45.1 Å². The number of para-hydroxylation sites is 1. The Hall–Kier alpha value is -3.26. The first kappa shape index (κ1) is 26.8. The molecule has 37 heavy (non-hydrogen) atoms. The van der Waals surface area contributed by atoms with Gasteiger partial charge in [-0.2, -0.15) is 0 Å². The third-order valence-corrected chi connectivity index (χ3v) is 7.52. The molecular formula is C30H35NO6. The van der Waals surface area contributed by atoms with Crippen LogP contribution < -0.4 is 4.90 Å². The van der Waals surface area contributed by atoms with E-state index in [1.54, 1.807) is 42.5 Å². The molecule has 0 spiro atoms. The number of rotatable bonds is 10. The van der Waals surface area contributed by atoms with Crippen LogP contribution >= 0.6 is 0 Å². The van der Waals surface area contributed by atoms with Crippen molar-refractivity contribution in [2.24, 2.45) is 17.8 Å². The quantitative estimate of drug-likeness (QED) is 0.288. The Morgan fingerprint density at radius 2 is 1.73 bits per heavy atom. The van der Waals surface area contributed by atoms with Gasteiger partial charge in [0, 0.05) is 5.92 Å². The summed E-state index contributed by atoms with van der Waals surface area (Å²) < 4.78 is 0. The number of phenols is 1. The van der Waals surface area contributed by atoms with Gasteiger partial charge in [0.1, 0.15) is 5.75 Å². The van der Waals surface area contributed by atoms with Gasteiger partial charge in [0.15, 0.2) is 0 Å². The van der Waals surface area contributed by atoms with Gasteiger partial charge in [-0.3, -0.25) is 14.5 Å². The van der Waals surface area contributed by atoms with E-state index in [2.05, 4.69) is 6.92 Å². The summed E-state index contributed by atoms with van der Waals surface area (Å²) in [5.74, 6) is -2.70. The van der Waals surface area contributed by atoms with Crippen LogP contribution in [0.1, 0.15) is 44.6 Å². The van der Waals surface area contributed by atoms with Gasteiger partial charge >= 0.3 is 0 Å². The van der Waals surface area contributed by atoms with Gasteiger partial charge in [-0.05, 0) is 66.7 Å². The lowest BCUT2D eigenvalue weighted by molar-refractivity contribution is -0.123. The Kier molecular flexibility index (Phi) is 8.59. The van der Waals surface area contributed by atoms with Crippen LogP contribution in [0.2, 0.25) is 0 Å². The SMILES string of the molecule is CCC/C(=C\c1ccc(O)cc1)CC[C@@H](O)C1=C(CO)C[C@H]2C(=O)N(c3ccccc3)C(=O)[C@H]2[C@H]1CO. The van der Waals surface area contributed by atoms with Crippen LogP contribution in [0.4, 0.5) is 5.69 Å². The zero-order chi connectivity index (χ0) is 26.5. The number of benzene rings is 2. The molecular weight excluding hydrogens is 470 g/mol. The number of aromatic hydroxyl groups is 1. The van der Waals surface area contributed by atoms with Gasteiger partial charge in [0.25, 0.3) is 0 Å². The molecule has 2 aromatic carbocycles. The van der Waals surface area contributed by atoms with Crippen LogP contribution in [0.5, 0.6) is 5.75 Å². The standard InChI is InChI=1S/C30H35NO6/c1-2-6-19(15-20-9-12-23(34)13-10-20)11-14-26(35)27-21(17-32)16-24-28(25(27)18-33)30(37)31(29(24)36)22-7-4-3-5-8-22/h3-5,7-10,12-13,15,24-26,28,32-35H,2,6,11,14,16-18H2,1H3/b19-15+/t24-,25+,26-,28-/m1/s1. The van der Waals surface area contributed by atoms with Crippen LogP contribution in [-0.2, 0) is 9.59 Å². The minimum Gasteiger partial charge on any atom is -0.508 e. The molecule has 1 heterocycles. The molecule has 2 amide bonds. The number of hydrogen-bond donors (Lipinski definition) is 4. The Morgan fingerprint density at radius 1 is 1.03 bits per heavy atom. The number of carbonyl (C=O) groups is 2. The van der Waals surface area contributed by atoms with E-state index in [1.165, 1.54) is 4.90 Å². The van der Waals surface area contributed by atoms with Gasteiger partial charge in [-0.25, -0.2) is 0 Å². The number of fused-ring (bicyclic) bond motifs is 1. The summed E-state index contributed by atoms with van der Waals surface area (Å²) in [6.07, 6.45) is 3.99. The van der Waals surface area contributed by atoms with Crippen molar-refractivity contribution < 1.29 is 30.0 Å². The lowest BCUT2D eigenvalue weighted by Gasteiger charge is -2.36. The van der Waals surface area contributed by atoms with Gasteiger partial charge in [0.2, 0.25) is 11.8 Å². The van der Waals surface area contributed by atoms with E-state index in [0.717, 1.165) is 24.0 Å². The minimum atomic E-state index is -0.964. The Morgan fingerprint density at radius 3 is 2.35 bits per heavy atom. The van der Waals surface area contributed by atoms with E-state index in [0.29, 0.717) is 29.7 Å². The highest BCUT2D eigenvalue weighted by molar-refractivity contribution is 6.22. The average Bonchev–Trinajstić information content (AvgIpc) is 3.16. The summed E-state index contributed by atoms with van der Waals surface area (Å²) in [7, 11) is 0. The van der Waals surface area contributed by atoms with Crippen LogP contribution in [0.15, 0.2) is 71.3 Å². The molecule has 7 heteroatoms. The topological polar surface area (TPSA) is 118 Å². The molecule has 196 valence electrons. The fourth-order valence-electron chi connectivity index (χ4n) is 5.81. The summed E-state index contributed by atoms with van der Waals surface area (Å²) >= 11 is 0. The number of anilines is 1. The maximum atomic E-state index is 13.5. The number of imide groups is 1. The fourth-order valence-corrected chi connectivity index (χ4v) is 5.81. The summed E-state index contributed by atoms with van der Waals surface area (Å²) in [6, 6.07) is 15.6. The van der Waals surface area contributed by atoms with E-state index in [9.17, 15) is 30.0 Å². The number of aliphatic hydroxyl groups is 3. The van der Waals surface area contributed by atoms with Gasteiger partial charge < -0.3 is 20.4 Å². The Bertz CT molecular complexity index is 1170. The van der Waals surface area contributed by atoms with E-state index >= 15 is 0 Å². The molecule has 0 radical (unpaired) electrons. The highest BCUT2D eigenvalue weighted by Crippen LogP contribution is 2.47. The van der Waals surface area contributed by atoms with E-state index in [1.807, 2.05) is 18.2 Å². The van der Waals surface area contributed by atoms with Crippen molar-refractivity contribution >= 4 is 23.6 Å². The van der Waals surface area contributed by atoms with E-state index in [4.69, 9.17) is 0 Å². The molecule has 0 unspecified atom stereocenters. The second-order valence-corrected chi connectivity index (χ2v) is 9.89. The molecule has 0 bridgehead atoms. The number of allylic oxidation sites excluding steroid dienone is 1. The summed E-state index contributed by atoms with van der Waals surface area (Å²) in [5, 5.41) is 41.4. The van der Waals surface area contributed by atoms with Crippen molar-refractivity contribution in [3.8, 4) is 5.75 Å². The van der Waals surface area contributed by atoms with E-state index < -0.39 is 30.5 Å².